The number of carbonyl (C=O) groups excluding carboxylic acids is 2. The topological polar surface area (TPSA) is 83.8 Å². The van der Waals surface area contributed by atoms with E-state index in [0.29, 0.717) is 6.42 Å². The Morgan fingerprint density at radius 2 is 1.50 bits per heavy atom. The zero-order valence-electron chi connectivity index (χ0n) is 14.3. The van der Waals surface area contributed by atoms with Crippen molar-refractivity contribution in [2.45, 2.75) is 84.7 Å². The van der Waals surface area contributed by atoms with Crippen LogP contribution in [0.1, 0.15) is 78.6 Å². The maximum Gasteiger partial charge on any atom is 0.345 e. The molecule has 0 saturated carbocycles. The summed E-state index contributed by atoms with van der Waals surface area (Å²) in [4.78, 5) is 22.8. The lowest BCUT2D eigenvalue weighted by atomic mass is 9.72. The van der Waals surface area contributed by atoms with Crippen LogP contribution in [0, 0.1) is 5.41 Å². The highest BCUT2D eigenvalue weighted by molar-refractivity contribution is 5.87. The summed E-state index contributed by atoms with van der Waals surface area (Å²) in [6.45, 7) is 5.81. The van der Waals surface area contributed by atoms with Gasteiger partial charge in [-0.05, 0) is 37.5 Å². The first-order valence-corrected chi connectivity index (χ1v) is 8.48. The lowest BCUT2D eigenvalue weighted by Gasteiger charge is -2.33. The first-order chi connectivity index (χ1) is 10.4. The van der Waals surface area contributed by atoms with Crippen LogP contribution in [0.5, 0.6) is 0 Å². The molecule has 0 amide bonds. The molecule has 0 aromatic rings. The van der Waals surface area contributed by atoms with Crippen LogP contribution in [0.4, 0.5) is 0 Å². The van der Waals surface area contributed by atoms with Crippen molar-refractivity contribution in [1.82, 2.24) is 0 Å². The fraction of sp³-hybridized carbons (Fsp3) is 0.882. The van der Waals surface area contributed by atoms with Crippen LogP contribution in [-0.4, -0.2) is 34.9 Å². The highest BCUT2D eigenvalue weighted by Crippen LogP contribution is 2.39. The van der Waals surface area contributed by atoms with Crippen molar-refractivity contribution in [2.24, 2.45) is 5.41 Å². The van der Waals surface area contributed by atoms with Crippen molar-refractivity contribution in [3.8, 4) is 0 Å². The summed E-state index contributed by atoms with van der Waals surface area (Å²) in [6, 6.07) is 0. The van der Waals surface area contributed by atoms with Gasteiger partial charge in [0.1, 0.15) is 0 Å². The SMILES string of the molecule is CCCC(CCC)(CCC)CCCC(=O)OC(=O)C(O)CO. The summed E-state index contributed by atoms with van der Waals surface area (Å²) in [6.07, 6.45) is 7.04. The second-order valence-electron chi connectivity index (χ2n) is 6.10. The molecule has 2 N–H and O–H groups in total. The minimum absolute atomic E-state index is 0.169. The molecular formula is C17H32O5. The second kappa shape index (κ2) is 11.6. The van der Waals surface area contributed by atoms with Gasteiger partial charge in [0.15, 0.2) is 6.10 Å². The molecule has 5 nitrogen and oxygen atoms in total. The fourth-order valence-corrected chi connectivity index (χ4v) is 3.25. The van der Waals surface area contributed by atoms with E-state index in [1.165, 1.54) is 0 Å². The lowest BCUT2D eigenvalue weighted by molar-refractivity contribution is -0.167. The molecule has 130 valence electrons. The van der Waals surface area contributed by atoms with Crippen molar-refractivity contribution in [3.05, 3.63) is 0 Å². The van der Waals surface area contributed by atoms with E-state index in [-0.39, 0.29) is 11.8 Å². The normalized spacial score (nSPS) is 13.0. The molecule has 0 heterocycles. The molecule has 0 aliphatic heterocycles. The summed E-state index contributed by atoms with van der Waals surface area (Å²) in [7, 11) is 0. The van der Waals surface area contributed by atoms with E-state index in [1.807, 2.05) is 0 Å². The van der Waals surface area contributed by atoms with Gasteiger partial charge in [-0.3, -0.25) is 4.79 Å². The third-order valence-electron chi connectivity index (χ3n) is 4.09. The van der Waals surface area contributed by atoms with Crippen molar-refractivity contribution < 1.29 is 24.5 Å². The molecule has 0 radical (unpaired) electrons. The first-order valence-electron chi connectivity index (χ1n) is 8.48. The molecular weight excluding hydrogens is 284 g/mol. The first kappa shape index (κ1) is 21.1. The van der Waals surface area contributed by atoms with Gasteiger partial charge < -0.3 is 14.9 Å². The Morgan fingerprint density at radius 3 is 1.91 bits per heavy atom. The number of aliphatic hydroxyl groups is 2. The average Bonchev–Trinajstić information content (AvgIpc) is 2.47. The zero-order chi connectivity index (χ0) is 17.0. The minimum atomic E-state index is -1.64. The smallest absolute Gasteiger partial charge is 0.345 e. The molecule has 0 fully saturated rings. The quantitative estimate of drug-likeness (QED) is 0.427. The summed E-state index contributed by atoms with van der Waals surface area (Å²) >= 11 is 0. The van der Waals surface area contributed by atoms with E-state index < -0.39 is 24.6 Å². The Kier molecular flexibility index (Phi) is 11.1. The van der Waals surface area contributed by atoms with E-state index in [1.54, 1.807) is 0 Å². The van der Waals surface area contributed by atoms with Crippen LogP contribution >= 0.6 is 0 Å². The third kappa shape index (κ3) is 7.90. The van der Waals surface area contributed by atoms with Gasteiger partial charge in [-0.15, -0.1) is 0 Å². The number of aliphatic hydroxyl groups excluding tert-OH is 2. The van der Waals surface area contributed by atoms with Gasteiger partial charge in [-0.2, -0.15) is 0 Å². The van der Waals surface area contributed by atoms with E-state index in [0.717, 1.165) is 44.9 Å². The standard InChI is InChI=1S/C17H32O5/c1-4-9-17(10-5-2,11-6-3)12-7-8-15(20)22-16(21)14(19)13-18/h14,18-19H,4-13H2,1-3H3. The molecule has 0 spiro atoms. The van der Waals surface area contributed by atoms with Crippen molar-refractivity contribution in [1.29, 1.82) is 0 Å². The second-order valence-corrected chi connectivity index (χ2v) is 6.10. The van der Waals surface area contributed by atoms with Gasteiger partial charge in [-0.25, -0.2) is 4.79 Å². The average molecular weight is 316 g/mol. The van der Waals surface area contributed by atoms with Gasteiger partial charge in [0.05, 0.1) is 6.61 Å². The van der Waals surface area contributed by atoms with Crippen LogP contribution in [0.25, 0.3) is 0 Å². The number of ether oxygens (including phenoxy) is 1. The highest BCUT2D eigenvalue weighted by atomic mass is 16.6. The van der Waals surface area contributed by atoms with Gasteiger partial charge in [0.2, 0.25) is 0 Å². The number of esters is 2. The Hall–Kier alpha value is -0.940. The van der Waals surface area contributed by atoms with Crippen molar-refractivity contribution in [3.63, 3.8) is 0 Å². The number of hydrogen-bond donors (Lipinski definition) is 2. The monoisotopic (exact) mass is 316 g/mol. The van der Waals surface area contributed by atoms with Gasteiger partial charge in [0.25, 0.3) is 0 Å². The van der Waals surface area contributed by atoms with Crippen LogP contribution < -0.4 is 0 Å². The lowest BCUT2D eigenvalue weighted by Crippen LogP contribution is -2.29. The van der Waals surface area contributed by atoms with Crippen molar-refractivity contribution in [2.75, 3.05) is 6.61 Å². The predicted octanol–water partition coefficient (Wildman–Crippen LogP) is 2.97. The molecule has 5 heteroatoms. The molecule has 0 aliphatic carbocycles. The van der Waals surface area contributed by atoms with Crippen LogP contribution in [-0.2, 0) is 14.3 Å². The third-order valence-corrected chi connectivity index (χ3v) is 4.09. The molecule has 1 atom stereocenters. The number of hydrogen-bond acceptors (Lipinski definition) is 5. The number of rotatable bonds is 12. The highest BCUT2D eigenvalue weighted by Gasteiger charge is 2.27. The summed E-state index contributed by atoms with van der Waals surface area (Å²) in [5.74, 6) is -1.70. The minimum Gasteiger partial charge on any atom is -0.393 e. The van der Waals surface area contributed by atoms with Crippen LogP contribution in [0.15, 0.2) is 0 Å². The molecule has 0 rings (SSSR count). The molecule has 0 bridgehead atoms. The maximum atomic E-state index is 11.6. The van der Waals surface area contributed by atoms with E-state index in [2.05, 4.69) is 25.5 Å². The summed E-state index contributed by atoms with van der Waals surface area (Å²) in [5, 5.41) is 17.7. The van der Waals surface area contributed by atoms with Gasteiger partial charge in [0, 0.05) is 6.42 Å². The fourth-order valence-electron chi connectivity index (χ4n) is 3.25. The summed E-state index contributed by atoms with van der Waals surface area (Å²) < 4.78 is 4.51. The summed E-state index contributed by atoms with van der Waals surface area (Å²) in [5.41, 5.74) is 0.285. The molecule has 0 aromatic heterocycles. The maximum absolute atomic E-state index is 11.6. The van der Waals surface area contributed by atoms with E-state index in [4.69, 9.17) is 10.2 Å². The van der Waals surface area contributed by atoms with Crippen molar-refractivity contribution >= 4 is 11.9 Å². The molecule has 0 saturated heterocycles. The zero-order valence-corrected chi connectivity index (χ0v) is 14.3. The number of carbonyl (C=O) groups is 2. The predicted molar refractivity (Wildman–Crippen MR) is 85.2 cm³/mol. The molecule has 22 heavy (non-hydrogen) atoms. The van der Waals surface area contributed by atoms with Gasteiger partial charge in [-0.1, -0.05) is 40.0 Å². The molecule has 0 aliphatic rings. The Morgan fingerprint density at radius 1 is 1.00 bits per heavy atom. The Labute approximate surface area is 134 Å². The van der Waals surface area contributed by atoms with Crippen LogP contribution in [0.3, 0.4) is 0 Å². The van der Waals surface area contributed by atoms with Gasteiger partial charge >= 0.3 is 11.9 Å². The van der Waals surface area contributed by atoms with Crippen LogP contribution in [0.2, 0.25) is 0 Å². The van der Waals surface area contributed by atoms with E-state index in [9.17, 15) is 9.59 Å². The molecule has 1 unspecified atom stereocenters. The molecule has 0 aromatic carbocycles. The Bertz CT molecular complexity index is 310. The largest absolute Gasteiger partial charge is 0.393 e. The Balaban J connectivity index is 4.36. The van der Waals surface area contributed by atoms with E-state index >= 15 is 0 Å².